The summed E-state index contributed by atoms with van der Waals surface area (Å²) in [7, 11) is 0. The molecule has 2 rings (SSSR count). The number of para-hydroxylation sites is 1. The Labute approximate surface area is 119 Å². The van der Waals surface area contributed by atoms with E-state index in [1.165, 1.54) is 0 Å². The van der Waals surface area contributed by atoms with E-state index >= 15 is 0 Å². The van der Waals surface area contributed by atoms with Gasteiger partial charge in [-0.3, -0.25) is 0 Å². The van der Waals surface area contributed by atoms with E-state index in [2.05, 4.69) is 12.2 Å². The first-order chi connectivity index (χ1) is 9.07. The predicted octanol–water partition coefficient (Wildman–Crippen LogP) is 4.18. The Hall–Kier alpha value is -1.22. The summed E-state index contributed by atoms with van der Waals surface area (Å²) in [6, 6.07) is 7.31. The van der Waals surface area contributed by atoms with Gasteiger partial charge in [-0.05, 0) is 43.7 Å². The summed E-state index contributed by atoms with van der Waals surface area (Å²) in [4.78, 5) is 11.7. The Morgan fingerprint density at radius 1 is 1.42 bits per heavy atom. The molecular formula is C15H20ClNO2. The second-order valence-corrected chi connectivity index (χ2v) is 5.75. The van der Waals surface area contributed by atoms with Gasteiger partial charge in [0.05, 0.1) is 10.7 Å². The molecule has 104 valence electrons. The molecular weight excluding hydrogens is 262 g/mol. The van der Waals surface area contributed by atoms with Crippen molar-refractivity contribution in [1.82, 2.24) is 0 Å². The molecule has 0 aliphatic heterocycles. The Bertz CT molecular complexity index is 453. The zero-order valence-electron chi connectivity index (χ0n) is 11.2. The average molecular weight is 282 g/mol. The first-order valence-corrected chi connectivity index (χ1v) is 7.21. The van der Waals surface area contributed by atoms with Crippen LogP contribution < -0.4 is 5.32 Å². The fourth-order valence-electron chi connectivity index (χ4n) is 2.79. The predicted molar refractivity (Wildman–Crippen MR) is 77.7 cm³/mol. The van der Waals surface area contributed by atoms with Gasteiger partial charge in [0.25, 0.3) is 0 Å². The molecule has 4 heteroatoms. The number of carbonyl (C=O) groups is 1. The van der Waals surface area contributed by atoms with E-state index in [0.717, 1.165) is 19.3 Å². The van der Waals surface area contributed by atoms with Gasteiger partial charge in [0.15, 0.2) is 0 Å². The van der Waals surface area contributed by atoms with Crippen LogP contribution in [-0.4, -0.2) is 16.6 Å². The molecule has 1 saturated carbocycles. The number of rotatable bonds is 4. The van der Waals surface area contributed by atoms with Crippen molar-refractivity contribution >= 4 is 23.3 Å². The molecule has 0 heterocycles. The summed E-state index contributed by atoms with van der Waals surface area (Å²) in [6.07, 6.45) is 4.36. The minimum Gasteiger partial charge on any atom is -0.480 e. The van der Waals surface area contributed by atoms with Crippen LogP contribution in [0, 0.1) is 5.92 Å². The van der Waals surface area contributed by atoms with Crippen LogP contribution in [0.4, 0.5) is 5.69 Å². The molecule has 1 aromatic carbocycles. The molecule has 2 N–H and O–H groups in total. The van der Waals surface area contributed by atoms with E-state index in [0.29, 0.717) is 29.5 Å². The van der Waals surface area contributed by atoms with Crippen LogP contribution in [0.15, 0.2) is 24.3 Å². The maximum absolute atomic E-state index is 11.7. The molecule has 0 bridgehead atoms. The molecule has 1 aliphatic carbocycles. The van der Waals surface area contributed by atoms with Crippen molar-refractivity contribution in [2.45, 2.75) is 44.6 Å². The minimum absolute atomic E-state index is 0.570. The number of nitrogens with one attached hydrogen (secondary N) is 1. The lowest BCUT2D eigenvalue weighted by Crippen LogP contribution is -2.49. The fourth-order valence-corrected chi connectivity index (χ4v) is 2.97. The maximum Gasteiger partial charge on any atom is 0.329 e. The summed E-state index contributed by atoms with van der Waals surface area (Å²) in [6.45, 7) is 2.17. The molecule has 19 heavy (non-hydrogen) atoms. The van der Waals surface area contributed by atoms with Gasteiger partial charge < -0.3 is 10.4 Å². The molecule has 0 spiro atoms. The number of anilines is 1. The van der Waals surface area contributed by atoms with Gasteiger partial charge >= 0.3 is 5.97 Å². The third-order valence-corrected chi connectivity index (χ3v) is 4.52. The normalized spacial score (nSPS) is 26.9. The van der Waals surface area contributed by atoms with Crippen molar-refractivity contribution < 1.29 is 9.90 Å². The topological polar surface area (TPSA) is 49.3 Å². The van der Waals surface area contributed by atoms with Gasteiger partial charge in [0.2, 0.25) is 0 Å². The van der Waals surface area contributed by atoms with Crippen molar-refractivity contribution in [2.75, 3.05) is 5.32 Å². The number of hydrogen-bond acceptors (Lipinski definition) is 2. The average Bonchev–Trinajstić information content (AvgIpc) is 2.42. The maximum atomic E-state index is 11.7. The molecule has 1 aromatic rings. The van der Waals surface area contributed by atoms with Crippen molar-refractivity contribution in [3.8, 4) is 0 Å². The molecule has 1 fully saturated rings. The smallest absolute Gasteiger partial charge is 0.329 e. The summed E-state index contributed by atoms with van der Waals surface area (Å²) in [5.74, 6) is -0.123. The van der Waals surface area contributed by atoms with Gasteiger partial charge in [0, 0.05) is 0 Å². The van der Waals surface area contributed by atoms with Crippen LogP contribution in [0.3, 0.4) is 0 Å². The lowest BCUT2D eigenvalue weighted by molar-refractivity contribution is -0.143. The lowest BCUT2D eigenvalue weighted by Gasteiger charge is -2.38. The zero-order valence-corrected chi connectivity index (χ0v) is 11.9. The summed E-state index contributed by atoms with van der Waals surface area (Å²) in [5, 5.41) is 13.3. The van der Waals surface area contributed by atoms with Crippen molar-refractivity contribution in [1.29, 1.82) is 0 Å². The fraction of sp³-hybridized carbons (Fsp3) is 0.533. The highest BCUT2D eigenvalue weighted by molar-refractivity contribution is 6.33. The molecule has 3 nitrogen and oxygen atoms in total. The molecule has 0 amide bonds. The van der Waals surface area contributed by atoms with Crippen molar-refractivity contribution in [2.24, 2.45) is 5.92 Å². The third-order valence-electron chi connectivity index (χ3n) is 4.19. The van der Waals surface area contributed by atoms with Crippen molar-refractivity contribution in [3.05, 3.63) is 29.3 Å². The second kappa shape index (κ2) is 5.83. The van der Waals surface area contributed by atoms with E-state index in [-0.39, 0.29) is 0 Å². The highest BCUT2D eigenvalue weighted by Crippen LogP contribution is 2.37. The monoisotopic (exact) mass is 281 g/mol. The molecule has 0 atom stereocenters. The molecule has 0 saturated heterocycles. The van der Waals surface area contributed by atoms with Gasteiger partial charge in [-0.25, -0.2) is 4.79 Å². The van der Waals surface area contributed by atoms with E-state index in [1.54, 1.807) is 6.07 Å². The second-order valence-electron chi connectivity index (χ2n) is 5.34. The zero-order chi connectivity index (χ0) is 13.9. The van der Waals surface area contributed by atoms with E-state index < -0.39 is 11.5 Å². The van der Waals surface area contributed by atoms with Crippen molar-refractivity contribution in [3.63, 3.8) is 0 Å². The van der Waals surface area contributed by atoms with Crippen LogP contribution in [0.1, 0.15) is 39.0 Å². The highest BCUT2D eigenvalue weighted by atomic mass is 35.5. The first kappa shape index (κ1) is 14.2. The summed E-state index contributed by atoms with van der Waals surface area (Å²) >= 11 is 6.11. The number of carboxylic acids is 1. The first-order valence-electron chi connectivity index (χ1n) is 6.83. The van der Waals surface area contributed by atoms with Crippen LogP contribution in [0.5, 0.6) is 0 Å². The molecule has 0 radical (unpaired) electrons. The van der Waals surface area contributed by atoms with Crippen LogP contribution in [-0.2, 0) is 4.79 Å². The SMILES string of the molecule is CCC1CCC(Nc2ccccc2Cl)(C(=O)O)CC1. The van der Waals surface area contributed by atoms with E-state index in [1.807, 2.05) is 18.2 Å². The van der Waals surface area contributed by atoms with E-state index in [4.69, 9.17) is 11.6 Å². The number of aliphatic carboxylic acids is 1. The minimum atomic E-state index is -0.864. The van der Waals surface area contributed by atoms with E-state index in [9.17, 15) is 9.90 Å². The summed E-state index contributed by atoms with van der Waals surface area (Å²) < 4.78 is 0. The third kappa shape index (κ3) is 3.03. The molecule has 0 aromatic heterocycles. The Morgan fingerprint density at radius 3 is 2.58 bits per heavy atom. The van der Waals surface area contributed by atoms with Crippen LogP contribution in [0.25, 0.3) is 0 Å². The molecule has 0 unspecified atom stereocenters. The van der Waals surface area contributed by atoms with Gasteiger partial charge in [0.1, 0.15) is 5.54 Å². The van der Waals surface area contributed by atoms with Gasteiger partial charge in [-0.2, -0.15) is 0 Å². The highest BCUT2D eigenvalue weighted by Gasteiger charge is 2.41. The van der Waals surface area contributed by atoms with Crippen LogP contribution >= 0.6 is 11.6 Å². The number of carboxylic acid groups (broad SMARTS) is 1. The standard InChI is InChI=1S/C15H20ClNO2/c1-2-11-7-9-15(10-8-11,14(18)19)17-13-6-4-3-5-12(13)16/h3-6,11,17H,2,7-10H2,1H3,(H,18,19). The van der Waals surface area contributed by atoms with Gasteiger partial charge in [-0.15, -0.1) is 0 Å². The summed E-state index contributed by atoms with van der Waals surface area (Å²) in [5.41, 5.74) is -0.155. The Balaban J connectivity index is 2.18. The lowest BCUT2D eigenvalue weighted by atomic mass is 9.75. The quantitative estimate of drug-likeness (QED) is 0.870. The molecule has 1 aliphatic rings. The Morgan fingerprint density at radius 2 is 2.05 bits per heavy atom. The number of halogens is 1. The number of benzene rings is 1. The van der Waals surface area contributed by atoms with Gasteiger partial charge in [-0.1, -0.05) is 37.1 Å². The van der Waals surface area contributed by atoms with Crippen LogP contribution in [0.2, 0.25) is 5.02 Å². The Kier molecular flexibility index (Phi) is 4.35. The number of hydrogen-bond donors (Lipinski definition) is 2. The largest absolute Gasteiger partial charge is 0.480 e.